The van der Waals surface area contributed by atoms with Crippen molar-refractivity contribution in [3.8, 4) is 22.1 Å². The number of urea groups is 1. The highest BCUT2D eigenvalue weighted by Gasteiger charge is 2.51. The summed E-state index contributed by atoms with van der Waals surface area (Å²) in [5.74, 6) is 3.27. The summed E-state index contributed by atoms with van der Waals surface area (Å²) in [6.45, 7) is 4.20. The molecule has 3 amide bonds. The average Bonchev–Trinajstić information content (AvgIpc) is 3.49. The second-order valence-corrected chi connectivity index (χ2v) is 12.1. The maximum Gasteiger partial charge on any atom is 0.315 e. The number of hydrogen-bond donors (Lipinski definition) is 3. The van der Waals surface area contributed by atoms with Gasteiger partial charge in [0.1, 0.15) is 11.0 Å². The summed E-state index contributed by atoms with van der Waals surface area (Å²) in [5, 5.41) is 18.6. The Kier molecular flexibility index (Phi) is 6.02. The van der Waals surface area contributed by atoms with Crippen molar-refractivity contribution in [3.63, 3.8) is 0 Å². The predicted molar refractivity (Wildman–Crippen MR) is 136 cm³/mol. The van der Waals surface area contributed by atoms with Crippen LogP contribution in [-0.2, 0) is 4.79 Å². The molecule has 1 aromatic heterocycles. The van der Waals surface area contributed by atoms with Crippen LogP contribution in [0.15, 0.2) is 18.2 Å². The predicted octanol–water partition coefficient (Wildman–Crippen LogP) is 4.56. The molecule has 36 heavy (non-hydrogen) atoms. The van der Waals surface area contributed by atoms with E-state index < -0.39 is 6.04 Å². The van der Waals surface area contributed by atoms with Crippen molar-refractivity contribution in [2.45, 2.75) is 70.4 Å². The van der Waals surface area contributed by atoms with Crippen LogP contribution in [0.5, 0.6) is 11.5 Å². The minimum absolute atomic E-state index is 0.0339. The highest BCUT2D eigenvalue weighted by molar-refractivity contribution is 7.18. The van der Waals surface area contributed by atoms with Gasteiger partial charge in [-0.1, -0.05) is 31.6 Å². The summed E-state index contributed by atoms with van der Waals surface area (Å²) < 4.78 is 10.8. The van der Waals surface area contributed by atoms with Crippen LogP contribution in [0.25, 0.3) is 10.6 Å². The van der Waals surface area contributed by atoms with Crippen molar-refractivity contribution in [3.05, 3.63) is 18.2 Å². The van der Waals surface area contributed by atoms with Gasteiger partial charge in [-0.05, 0) is 80.4 Å². The highest BCUT2D eigenvalue weighted by Crippen LogP contribution is 2.55. The van der Waals surface area contributed by atoms with Crippen LogP contribution < -0.4 is 25.4 Å². The molecule has 1 aliphatic heterocycles. The Morgan fingerprint density at radius 1 is 1.08 bits per heavy atom. The molecule has 2 atom stereocenters. The first-order valence-electron chi connectivity index (χ1n) is 13.0. The van der Waals surface area contributed by atoms with Crippen LogP contribution in [0.3, 0.4) is 0 Å². The highest BCUT2D eigenvalue weighted by atomic mass is 32.1. The minimum Gasteiger partial charge on any atom is -0.454 e. The van der Waals surface area contributed by atoms with Gasteiger partial charge in [0.05, 0.1) is 0 Å². The lowest BCUT2D eigenvalue weighted by molar-refractivity contribution is -0.119. The van der Waals surface area contributed by atoms with E-state index in [1.54, 1.807) is 0 Å². The van der Waals surface area contributed by atoms with Gasteiger partial charge >= 0.3 is 6.03 Å². The molecule has 0 saturated heterocycles. The summed E-state index contributed by atoms with van der Waals surface area (Å²) in [4.78, 5) is 26.4. The van der Waals surface area contributed by atoms with Gasteiger partial charge in [-0.2, -0.15) is 0 Å². The molecule has 192 valence electrons. The SMILES string of the molecule is CCC(C)C(NC(=O)NC12CC3CC(CC(C3)C1)C2)C(=O)Nc1nnc(-c2ccc3c(c2)OCO3)s1. The van der Waals surface area contributed by atoms with E-state index in [9.17, 15) is 9.59 Å². The third-order valence-electron chi connectivity index (χ3n) is 8.47. The van der Waals surface area contributed by atoms with Gasteiger partial charge in [0.15, 0.2) is 11.5 Å². The third-order valence-corrected chi connectivity index (χ3v) is 9.36. The number of nitrogens with zero attached hydrogens (tertiary/aromatic N) is 2. The quantitative estimate of drug-likeness (QED) is 0.502. The zero-order chi connectivity index (χ0) is 24.9. The molecular formula is C26H33N5O4S. The molecule has 2 heterocycles. The van der Waals surface area contributed by atoms with E-state index in [-0.39, 0.29) is 30.2 Å². The first-order chi connectivity index (χ1) is 17.4. The fraction of sp³-hybridized carbons (Fsp3) is 0.615. The molecular weight excluding hydrogens is 478 g/mol. The molecule has 5 aliphatic rings. The monoisotopic (exact) mass is 511 g/mol. The second-order valence-electron chi connectivity index (χ2n) is 11.1. The molecule has 10 heteroatoms. The van der Waals surface area contributed by atoms with Crippen LogP contribution in [0.2, 0.25) is 0 Å². The Morgan fingerprint density at radius 3 is 2.47 bits per heavy atom. The molecule has 4 aliphatic carbocycles. The maximum atomic E-state index is 13.3. The van der Waals surface area contributed by atoms with E-state index in [1.165, 1.54) is 30.6 Å². The molecule has 2 aromatic rings. The summed E-state index contributed by atoms with van der Waals surface area (Å²) >= 11 is 1.28. The second kappa shape index (κ2) is 9.21. The number of hydrogen-bond acceptors (Lipinski definition) is 7. The number of carbonyl (C=O) groups is 2. The van der Waals surface area contributed by atoms with Gasteiger partial charge in [0.2, 0.25) is 17.8 Å². The van der Waals surface area contributed by atoms with Gasteiger partial charge < -0.3 is 20.1 Å². The van der Waals surface area contributed by atoms with Gasteiger partial charge in [0.25, 0.3) is 0 Å². The molecule has 1 aromatic carbocycles. The van der Waals surface area contributed by atoms with E-state index >= 15 is 0 Å². The Balaban J connectivity index is 1.11. The van der Waals surface area contributed by atoms with Crippen LogP contribution >= 0.6 is 11.3 Å². The number of nitrogens with one attached hydrogen (secondary N) is 3. The molecule has 4 fully saturated rings. The van der Waals surface area contributed by atoms with Gasteiger partial charge in [-0.3, -0.25) is 10.1 Å². The smallest absolute Gasteiger partial charge is 0.315 e. The summed E-state index contributed by atoms with van der Waals surface area (Å²) in [5.41, 5.74) is 0.734. The number of amides is 3. The summed E-state index contributed by atoms with van der Waals surface area (Å²) in [6.07, 6.45) is 7.91. The van der Waals surface area contributed by atoms with Crippen molar-refractivity contribution in [2.75, 3.05) is 12.1 Å². The minimum atomic E-state index is -0.665. The van der Waals surface area contributed by atoms with Crippen LogP contribution in [0.4, 0.5) is 9.93 Å². The summed E-state index contributed by atoms with van der Waals surface area (Å²) in [6, 6.07) is 4.67. The third kappa shape index (κ3) is 4.51. The normalized spacial score (nSPS) is 29.0. The van der Waals surface area contributed by atoms with Crippen molar-refractivity contribution in [1.29, 1.82) is 0 Å². The molecule has 0 spiro atoms. The molecule has 0 radical (unpaired) electrons. The van der Waals surface area contributed by atoms with E-state index in [4.69, 9.17) is 9.47 Å². The lowest BCUT2D eigenvalue weighted by atomic mass is 9.53. The van der Waals surface area contributed by atoms with Crippen molar-refractivity contribution in [1.82, 2.24) is 20.8 Å². The first-order valence-corrected chi connectivity index (χ1v) is 13.8. The Labute approximate surface area is 214 Å². The number of ether oxygens (including phenoxy) is 2. The summed E-state index contributed by atoms with van der Waals surface area (Å²) in [7, 11) is 0. The number of anilines is 1. The lowest BCUT2D eigenvalue weighted by Gasteiger charge is -2.56. The van der Waals surface area contributed by atoms with Crippen molar-refractivity contribution in [2.24, 2.45) is 23.7 Å². The Morgan fingerprint density at radius 2 is 1.78 bits per heavy atom. The molecule has 7 rings (SSSR count). The van der Waals surface area contributed by atoms with Crippen molar-refractivity contribution >= 4 is 28.4 Å². The lowest BCUT2D eigenvalue weighted by Crippen LogP contribution is -2.63. The van der Waals surface area contributed by atoms with Crippen LogP contribution in [0.1, 0.15) is 58.8 Å². The number of aromatic nitrogens is 2. The van der Waals surface area contributed by atoms with E-state index in [2.05, 4.69) is 26.1 Å². The zero-order valence-electron chi connectivity index (χ0n) is 20.7. The standard InChI is InChI=1S/C26H33N5O4S/c1-3-14(2)21(27-24(33)29-26-10-15-6-16(11-26)8-17(7-15)12-26)22(32)28-25-31-30-23(36-25)18-4-5-19-20(9-18)35-13-34-19/h4-5,9,14-17,21H,3,6-8,10-13H2,1-2H3,(H2,27,29,33)(H,28,31,32). The fourth-order valence-electron chi connectivity index (χ4n) is 6.99. The number of rotatable bonds is 7. The number of carbonyl (C=O) groups excluding carboxylic acids is 2. The molecule has 3 N–H and O–H groups in total. The Bertz CT molecular complexity index is 1130. The Hall–Kier alpha value is -2.88. The fourth-order valence-corrected chi connectivity index (χ4v) is 7.73. The van der Waals surface area contributed by atoms with Gasteiger partial charge in [0, 0.05) is 11.1 Å². The van der Waals surface area contributed by atoms with Gasteiger partial charge in [-0.15, -0.1) is 10.2 Å². The number of benzene rings is 1. The van der Waals surface area contributed by atoms with Crippen LogP contribution in [-0.4, -0.2) is 40.5 Å². The zero-order valence-corrected chi connectivity index (χ0v) is 21.5. The average molecular weight is 512 g/mol. The molecule has 2 unspecified atom stereocenters. The van der Waals surface area contributed by atoms with Gasteiger partial charge in [-0.25, -0.2) is 4.79 Å². The topological polar surface area (TPSA) is 114 Å². The number of fused-ring (bicyclic) bond motifs is 1. The van der Waals surface area contributed by atoms with E-state index in [0.717, 1.165) is 49.0 Å². The van der Waals surface area contributed by atoms with Crippen LogP contribution in [0, 0.1) is 23.7 Å². The largest absolute Gasteiger partial charge is 0.454 e. The molecule has 4 bridgehead atoms. The maximum absolute atomic E-state index is 13.3. The van der Waals surface area contributed by atoms with Crippen molar-refractivity contribution < 1.29 is 19.1 Å². The van der Waals surface area contributed by atoms with E-state index in [0.29, 0.717) is 21.6 Å². The molecule has 4 saturated carbocycles. The first kappa shape index (κ1) is 23.5. The molecule has 9 nitrogen and oxygen atoms in total. The van der Waals surface area contributed by atoms with E-state index in [1.807, 2.05) is 32.0 Å².